The van der Waals surface area contributed by atoms with Gasteiger partial charge in [0, 0.05) is 19.0 Å². The van der Waals surface area contributed by atoms with Gasteiger partial charge in [0.2, 0.25) is 5.82 Å². The first-order chi connectivity index (χ1) is 8.00. The maximum absolute atomic E-state index is 13.4. The predicted octanol–water partition coefficient (Wildman–Crippen LogP) is 1.00. The van der Waals surface area contributed by atoms with Crippen molar-refractivity contribution in [1.82, 2.24) is 5.32 Å². The SMILES string of the molecule is O=[N+]([O-])c1ccc(CC2(O)CCNC2)cc1F. The molecule has 0 saturated carbocycles. The molecule has 92 valence electrons. The Morgan fingerprint density at radius 3 is 2.88 bits per heavy atom. The Bertz CT molecular complexity index is 444. The Morgan fingerprint density at radius 1 is 1.59 bits per heavy atom. The van der Waals surface area contributed by atoms with E-state index in [2.05, 4.69) is 5.32 Å². The number of nitrogens with zero attached hydrogens (tertiary/aromatic N) is 1. The first kappa shape index (κ1) is 11.9. The van der Waals surface area contributed by atoms with Crippen LogP contribution in [0.2, 0.25) is 0 Å². The number of rotatable bonds is 3. The molecular weight excluding hydrogens is 227 g/mol. The molecule has 0 radical (unpaired) electrons. The molecule has 0 bridgehead atoms. The second kappa shape index (κ2) is 4.38. The summed E-state index contributed by atoms with van der Waals surface area (Å²) >= 11 is 0. The largest absolute Gasteiger partial charge is 0.388 e. The third-order valence-corrected chi connectivity index (χ3v) is 2.96. The van der Waals surface area contributed by atoms with E-state index < -0.39 is 22.0 Å². The van der Waals surface area contributed by atoms with Crippen LogP contribution in [0.1, 0.15) is 12.0 Å². The minimum Gasteiger partial charge on any atom is -0.388 e. The molecule has 1 unspecified atom stereocenters. The van der Waals surface area contributed by atoms with Crippen molar-refractivity contribution in [1.29, 1.82) is 0 Å². The molecule has 1 heterocycles. The Kier molecular flexibility index (Phi) is 3.08. The topological polar surface area (TPSA) is 75.4 Å². The van der Waals surface area contributed by atoms with Gasteiger partial charge in [-0.3, -0.25) is 10.1 Å². The molecule has 1 atom stereocenters. The van der Waals surface area contributed by atoms with Crippen molar-refractivity contribution in [3.63, 3.8) is 0 Å². The molecule has 1 aromatic rings. The number of nitro groups is 1. The molecule has 1 fully saturated rings. The van der Waals surface area contributed by atoms with Gasteiger partial charge in [0.1, 0.15) is 0 Å². The third-order valence-electron chi connectivity index (χ3n) is 2.96. The standard InChI is InChI=1S/C11H13FN2O3/c12-9-5-8(1-2-10(9)14(16)17)6-11(15)3-4-13-7-11/h1-2,5,13,15H,3-4,6-7H2. The molecule has 0 aromatic heterocycles. The first-order valence-electron chi connectivity index (χ1n) is 5.36. The zero-order chi connectivity index (χ0) is 12.5. The van der Waals surface area contributed by atoms with Gasteiger partial charge >= 0.3 is 5.69 Å². The summed E-state index contributed by atoms with van der Waals surface area (Å²) in [5.41, 5.74) is -0.840. The fourth-order valence-corrected chi connectivity index (χ4v) is 2.07. The monoisotopic (exact) mass is 240 g/mol. The minimum atomic E-state index is -0.872. The number of β-amino-alcohol motifs (C(OH)–C–C–N with tert-alkyl or cyclic N) is 1. The highest BCUT2D eigenvalue weighted by Gasteiger charge is 2.31. The van der Waals surface area contributed by atoms with Gasteiger partial charge in [-0.25, -0.2) is 0 Å². The molecule has 2 rings (SSSR count). The van der Waals surface area contributed by atoms with Gasteiger partial charge in [0.05, 0.1) is 10.5 Å². The molecule has 1 aliphatic heterocycles. The molecule has 5 nitrogen and oxygen atoms in total. The molecule has 1 aromatic carbocycles. The molecule has 6 heteroatoms. The molecule has 0 spiro atoms. The summed E-state index contributed by atoms with van der Waals surface area (Å²) in [6, 6.07) is 3.74. The zero-order valence-electron chi connectivity index (χ0n) is 9.15. The van der Waals surface area contributed by atoms with Gasteiger partial charge in [-0.1, -0.05) is 6.07 Å². The summed E-state index contributed by atoms with van der Waals surface area (Å²) in [4.78, 5) is 9.69. The van der Waals surface area contributed by atoms with Crippen LogP contribution in [-0.2, 0) is 6.42 Å². The van der Waals surface area contributed by atoms with Crippen molar-refractivity contribution in [3.05, 3.63) is 39.7 Å². The number of hydrogen-bond donors (Lipinski definition) is 2. The van der Waals surface area contributed by atoms with E-state index in [4.69, 9.17) is 0 Å². The smallest absolute Gasteiger partial charge is 0.304 e. The number of nitro benzene ring substituents is 1. The fourth-order valence-electron chi connectivity index (χ4n) is 2.07. The average molecular weight is 240 g/mol. The molecule has 17 heavy (non-hydrogen) atoms. The summed E-state index contributed by atoms with van der Waals surface area (Å²) in [5.74, 6) is -0.859. The van der Waals surface area contributed by atoms with E-state index in [0.29, 0.717) is 24.9 Å². The number of aliphatic hydroxyl groups is 1. The highest BCUT2D eigenvalue weighted by atomic mass is 19.1. The Balaban J connectivity index is 2.17. The van der Waals surface area contributed by atoms with Crippen molar-refractivity contribution in [2.75, 3.05) is 13.1 Å². The van der Waals surface area contributed by atoms with Crippen LogP contribution in [0, 0.1) is 15.9 Å². The fraction of sp³-hybridized carbons (Fsp3) is 0.455. The van der Waals surface area contributed by atoms with Crippen LogP contribution in [0.3, 0.4) is 0 Å². The highest BCUT2D eigenvalue weighted by Crippen LogP contribution is 2.24. The second-order valence-electron chi connectivity index (χ2n) is 4.37. The normalized spacial score (nSPS) is 23.9. The minimum absolute atomic E-state index is 0.301. The van der Waals surface area contributed by atoms with Gasteiger partial charge in [0.25, 0.3) is 0 Å². The second-order valence-corrected chi connectivity index (χ2v) is 4.37. The Labute approximate surface area is 97.4 Å². The number of halogens is 1. The lowest BCUT2D eigenvalue weighted by Gasteiger charge is -2.21. The summed E-state index contributed by atoms with van der Waals surface area (Å²) < 4.78 is 13.4. The van der Waals surface area contributed by atoms with Gasteiger partial charge in [-0.15, -0.1) is 0 Å². The van der Waals surface area contributed by atoms with E-state index in [-0.39, 0.29) is 0 Å². The Hall–Kier alpha value is -1.53. The predicted molar refractivity (Wildman–Crippen MR) is 59.2 cm³/mol. The van der Waals surface area contributed by atoms with Crippen LogP contribution in [0.4, 0.5) is 10.1 Å². The number of benzene rings is 1. The van der Waals surface area contributed by atoms with Crippen LogP contribution in [0.25, 0.3) is 0 Å². The maximum Gasteiger partial charge on any atom is 0.304 e. The molecule has 1 saturated heterocycles. The molecule has 0 aliphatic carbocycles. The lowest BCUT2D eigenvalue weighted by atomic mass is 9.93. The van der Waals surface area contributed by atoms with E-state index in [0.717, 1.165) is 18.7 Å². The van der Waals surface area contributed by atoms with Crippen LogP contribution in [-0.4, -0.2) is 28.7 Å². The summed E-state index contributed by atoms with van der Waals surface area (Å²) in [5, 5.41) is 23.6. The Morgan fingerprint density at radius 2 is 2.35 bits per heavy atom. The van der Waals surface area contributed by atoms with E-state index >= 15 is 0 Å². The van der Waals surface area contributed by atoms with Crippen LogP contribution < -0.4 is 5.32 Å². The van der Waals surface area contributed by atoms with Crippen LogP contribution in [0.5, 0.6) is 0 Å². The van der Waals surface area contributed by atoms with Gasteiger partial charge < -0.3 is 10.4 Å². The number of hydrogen-bond acceptors (Lipinski definition) is 4. The summed E-state index contributed by atoms with van der Waals surface area (Å²) in [6.45, 7) is 1.19. The van der Waals surface area contributed by atoms with Crippen molar-refractivity contribution in [2.45, 2.75) is 18.4 Å². The van der Waals surface area contributed by atoms with Gasteiger partial charge in [0.15, 0.2) is 0 Å². The highest BCUT2D eigenvalue weighted by molar-refractivity contribution is 5.35. The summed E-state index contributed by atoms with van der Waals surface area (Å²) in [6.07, 6.45) is 0.903. The van der Waals surface area contributed by atoms with Crippen molar-refractivity contribution in [3.8, 4) is 0 Å². The molecule has 2 N–H and O–H groups in total. The van der Waals surface area contributed by atoms with Gasteiger partial charge in [-0.2, -0.15) is 4.39 Å². The average Bonchev–Trinajstić information content (AvgIpc) is 2.64. The first-order valence-corrected chi connectivity index (χ1v) is 5.36. The molecule has 1 aliphatic rings. The maximum atomic E-state index is 13.4. The third kappa shape index (κ3) is 2.59. The van der Waals surface area contributed by atoms with Crippen LogP contribution >= 0.6 is 0 Å². The number of nitrogens with one attached hydrogen (secondary N) is 1. The van der Waals surface area contributed by atoms with E-state index in [9.17, 15) is 19.6 Å². The van der Waals surface area contributed by atoms with Crippen molar-refractivity contribution < 1.29 is 14.4 Å². The van der Waals surface area contributed by atoms with Crippen LogP contribution in [0.15, 0.2) is 18.2 Å². The van der Waals surface area contributed by atoms with Gasteiger partial charge in [-0.05, 0) is 24.6 Å². The van der Waals surface area contributed by atoms with E-state index in [1.165, 1.54) is 6.07 Å². The lowest BCUT2D eigenvalue weighted by molar-refractivity contribution is -0.387. The quantitative estimate of drug-likeness (QED) is 0.610. The zero-order valence-corrected chi connectivity index (χ0v) is 9.15. The van der Waals surface area contributed by atoms with Crippen molar-refractivity contribution >= 4 is 5.69 Å². The van der Waals surface area contributed by atoms with E-state index in [1.54, 1.807) is 0 Å². The lowest BCUT2D eigenvalue weighted by Crippen LogP contribution is -2.33. The van der Waals surface area contributed by atoms with Crippen molar-refractivity contribution in [2.24, 2.45) is 0 Å². The molecule has 0 amide bonds. The summed E-state index contributed by atoms with van der Waals surface area (Å²) in [7, 11) is 0. The molecular formula is C11H13FN2O3. The van der Waals surface area contributed by atoms with E-state index in [1.807, 2.05) is 0 Å².